The highest BCUT2D eigenvalue weighted by Gasteiger charge is 2.26. The molecule has 0 fully saturated rings. The molecule has 0 spiro atoms. The molecule has 1 aliphatic heterocycles. The average molecular weight is 497 g/mol. The molecule has 4 rings (SSSR count). The van der Waals surface area contributed by atoms with Crippen molar-refractivity contribution in [3.63, 3.8) is 0 Å². The Balaban J connectivity index is 1.37. The van der Waals surface area contributed by atoms with Crippen LogP contribution in [0.1, 0.15) is 52.2 Å². The first-order chi connectivity index (χ1) is 17.1. The predicted molar refractivity (Wildman–Crippen MR) is 135 cm³/mol. The van der Waals surface area contributed by atoms with Crippen LogP contribution in [-0.2, 0) is 22.5 Å². The Bertz CT molecular complexity index is 1220. The van der Waals surface area contributed by atoms with Crippen molar-refractivity contribution in [1.82, 2.24) is 15.5 Å². The third-order valence-corrected chi connectivity index (χ3v) is 5.49. The first-order valence-electron chi connectivity index (χ1n) is 12.2. The fraction of sp³-hybridized carbons (Fsp3) is 0.444. The summed E-state index contributed by atoms with van der Waals surface area (Å²) in [5.74, 6) is 0.286. The van der Waals surface area contributed by atoms with E-state index in [1.165, 1.54) is 11.6 Å². The van der Waals surface area contributed by atoms with E-state index in [2.05, 4.69) is 21.5 Å². The van der Waals surface area contributed by atoms with Crippen LogP contribution in [0.5, 0.6) is 5.75 Å². The van der Waals surface area contributed by atoms with Crippen LogP contribution in [0.2, 0.25) is 0 Å². The maximum absolute atomic E-state index is 14.6. The third-order valence-electron chi connectivity index (χ3n) is 5.49. The van der Waals surface area contributed by atoms with E-state index in [4.69, 9.17) is 14.0 Å². The van der Waals surface area contributed by atoms with Gasteiger partial charge >= 0.3 is 5.97 Å². The number of nitrogens with zero attached hydrogens (tertiary/aromatic N) is 3. The molecule has 3 aromatic rings. The van der Waals surface area contributed by atoms with Gasteiger partial charge in [-0.3, -0.25) is 4.79 Å². The van der Waals surface area contributed by atoms with Crippen molar-refractivity contribution in [1.29, 1.82) is 0 Å². The Hall–Kier alpha value is -3.46. The second-order valence-electron chi connectivity index (χ2n) is 10.1. The lowest BCUT2D eigenvalue weighted by Crippen LogP contribution is -2.26. The molecule has 0 radical (unpaired) electrons. The molecule has 0 atom stereocenters. The molecule has 36 heavy (non-hydrogen) atoms. The van der Waals surface area contributed by atoms with E-state index in [0.29, 0.717) is 37.8 Å². The van der Waals surface area contributed by atoms with Crippen LogP contribution < -0.4 is 15.0 Å². The molecule has 0 aliphatic carbocycles. The standard InChI is InChI=1S/C27H33FN4O4/c1-17(2)34-20-7-8-21(22(28)15-20)25-30-26(31-36-25)32-13-11-19-14-18(6-9-23(19)32)16-29-12-10-24(33)35-27(3,4)5/h6-9,14-15,17,29H,10-13,16H2,1-5H3. The number of fused-ring (bicyclic) bond motifs is 1. The molecule has 1 aromatic heterocycles. The van der Waals surface area contributed by atoms with Crippen LogP contribution in [0.3, 0.4) is 0 Å². The van der Waals surface area contributed by atoms with Crippen LogP contribution in [0.25, 0.3) is 11.5 Å². The highest BCUT2D eigenvalue weighted by molar-refractivity contribution is 5.70. The Kier molecular flexibility index (Phi) is 7.59. The number of ether oxygens (including phenoxy) is 2. The van der Waals surface area contributed by atoms with Crippen LogP contribution in [0.4, 0.5) is 16.0 Å². The zero-order chi connectivity index (χ0) is 25.9. The number of hydrogen-bond acceptors (Lipinski definition) is 8. The zero-order valence-electron chi connectivity index (χ0n) is 21.4. The van der Waals surface area contributed by atoms with Gasteiger partial charge in [-0.05, 0) is 75.5 Å². The number of halogens is 1. The molecule has 192 valence electrons. The summed E-state index contributed by atoms with van der Waals surface area (Å²) < 4.78 is 30.9. The van der Waals surface area contributed by atoms with Crippen LogP contribution in [-0.4, -0.2) is 40.9 Å². The van der Waals surface area contributed by atoms with Crippen molar-refractivity contribution in [2.24, 2.45) is 0 Å². The van der Waals surface area contributed by atoms with E-state index in [9.17, 15) is 9.18 Å². The lowest BCUT2D eigenvalue weighted by molar-refractivity contribution is -0.154. The number of esters is 1. The smallest absolute Gasteiger partial charge is 0.307 e. The van der Waals surface area contributed by atoms with Gasteiger partial charge in [-0.2, -0.15) is 4.98 Å². The zero-order valence-corrected chi connectivity index (χ0v) is 21.4. The molecular weight excluding hydrogens is 463 g/mol. The monoisotopic (exact) mass is 496 g/mol. The molecule has 0 unspecified atom stereocenters. The van der Waals surface area contributed by atoms with Gasteiger partial charge in [0.15, 0.2) is 0 Å². The van der Waals surface area contributed by atoms with E-state index in [1.54, 1.807) is 12.1 Å². The summed E-state index contributed by atoms with van der Waals surface area (Å²) in [5.41, 5.74) is 3.07. The summed E-state index contributed by atoms with van der Waals surface area (Å²) in [7, 11) is 0. The second-order valence-corrected chi connectivity index (χ2v) is 10.1. The highest BCUT2D eigenvalue weighted by atomic mass is 19.1. The summed E-state index contributed by atoms with van der Waals surface area (Å²) in [5, 5.41) is 7.39. The number of hydrogen-bond donors (Lipinski definition) is 1. The number of benzene rings is 2. The van der Waals surface area contributed by atoms with Crippen LogP contribution >= 0.6 is 0 Å². The predicted octanol–water partition coefficient (Wildman–Crippen LogP) is 5.18. The first-order valence-corrected chi connectivity index (χ1v) is 12.2. The first kappa shape index (κ1) is 25.6. The fourth-order valence-corrected chi connectivity index (χ4v) is 4.04. The summed E-state index contributed by atoms with van der Waals surface area (Å²) >= 11 is 0. The maximum atomic E-state index is 14.6. The Morgan fingerprint density at radius 2 is 2.03 bits per heavy atom. The molecule has 9 heteroatoms. The summed E-state index contributed by atoms with van der Waals surface area (Å²) in [6, 6.07) is 10.8. The van der Waals surface area contributed by atoms with Gasteiger partial charge in [0.2, 0.25) is 0 Å². The van der Waals surface area contributed by atoms with E-state index in [0.717, 1.165) is 17.7 Å². The minimum absolute atomic E-state index is 0.0472. The normalized spacial score (nSPS) is 13.2. The minimum atomic E-state index is -0.478. The van der Waals surface area contributed by atoms with Gasteiger partial charge in [0, 0.05) is 31.4 Å². The van der Waals surface area contributed by atoms with E-state index in [1.807, 2.05) is 51.7 Å². The van der Waals surface area contributed by atoms with Crippen molar-refractivity contribution in [2.45, 2.75) is 65.7 Å². The van der Waals surface area contributed by atoms with E-state index in [-0.39, 0.29) is 23.5 Å². The topological polar surface area (TPSA) is 89.7 Å². The molecule has 1 N–H and O–H groups in total. The molecule has 0 amide bonds. The maximum Gasteiger partial charge on any atom is 0.307 e. The molecule has 8 nitrogen and oxygen atoms in total. The van der Waals surface area contributed by atoms with Gasteiger partial charge in [-0.15, -0.1) is 0 Å². The highest BCUT2D eigenvalue weighted by Crippen LogP contribution is 2.35. The van der Waals surface area contributed by atoms with E-state index >= 15 is 0 Å². The van der Waals surface area contributed by atoms with Gasteiger partial charge in [-0.25, -0.2) is 4.39 Å². The number of carbonyl (C=O) groups is 1. The summed E-state index contributed by atoms with van der Waals surface area (Å²) in [4.78, 5) is 18.3. The Labute approximate surface area is 210 Å². The van der Waals surface area contributed by atoms with Crippen molar-refractivity contribution < 1.29 is 23.2 Å². The third kappa shape index (κ3) is 6.40. The quantitative estimate of drug-likeness (QED) is 0.320. The molecule has 0 bridgehead atoms. The number of rotatable bonds is 9. The fourth-order valence-electron chi connectivity index (χ4n) is 4.04. The van der Waals surface area contributed by atoms with Crippen LogP contribution in [0.15, 0.2) is 40.9 Å². The summed E-state index contributed by atoms with van der Waals surface area (Å²) in [6.07, 6.45) is 1.11. The van der Waals surface area contributed by atoms with Crippen molar-refractivity contribution >= 4 is 17.6 Å². The largest absolute Gasteiger partial charge is 0.491 e. The second kappa shape index (κ2) is 10.7. The van der Waals surface area contributed by atoms with Gasteiger partial charge in [0.05, 0.1) is 18.1 Å². The van der Waals surface area contributed by atoms with Gasteiger partial charge in [-0.1, -0.05) is 12.1 Å². The lowest BCUT2D eigenvalue weighted by atomic mass is 10.1. The minimum Gasteiger partial charge on any atom is -0.491 e. The molecule has 2 aromatic carbocycles. The average Bonchev–Trinajstić information content (AvgIpc) is 3.42. The summed E-state index contributed by atoms with van der Waals surface area (Å²) in [6.45, 7) is 11.3. The Morgan fingerprint density at radius 3 is 2.75 bits per heavy atom. The lowest BCUT2D eigenvalue weighted by Gasteiger charge is -2.19. The van der Waals surface area contributed by atoms with Gasteiger partial charge in [0.1, 0.15) is 17.2 Å². The van der Waals surface area contributed by atoms with Crippen molar-refractivity contribution in [3.05, 3.63) is 53.3 Å². The van der Waals surface area contributed by atoms with Gasteiger partial charge in [0.25, 0.3) is 11.8 Å². The number of nitrogens with one attached hydrogen (secondary N) is 1. The molecule has 2 heterocycles. The number of aromatic nitrogens is 2. The molecular formula is C27H33FN4O4. The van der Waals surface area contributed by atoms with Crippen molar-refractivity contribution in [3.8, 4) is 17.2 Å². The van der Waals surface area contributed by atoms with E-state index < -0.39 is 11.4 Å². The number of carbonyl (C=O) groups excluding carboxylic acids is 1. The molecule has 1 aliphatic rings. The van der Waals surface area contributed by atoms with Gasteiger partial charge < -0.3 is 24.2 Å². The van der Waals surface area contributed by atoms with Crippen molar-refractivity contribution in [2.75, 3.05) is 18.0 Å². The molecule has 0 saturated heterocycles. The molecule has 0 saturated carbocycles. The SMILES string of the molecule is CC(C)Oc1ccc(-c2nc(N3CCc4cc(CNCCC(=O)OC(C)(C)C)ccc43)no2)c(F)c1. The van der Waals surface area contributed by atoms with Crippen LogP contribution in [0, 0.1) is 5.82 Å². The Morgan fingerprint density at radius 1 is 1.22 bits per heavy atom. The number of anilines is 2.